The lowest BCUT2D eigenvalue weighted by Crippen LogP contribution is -2.42. The molecule has 1 fully saturated rings. The van der Waals surface area contributed by atoms with Crippen molar-refractivity contribution in [2.24, 2.45) is 5.73 Å². The molecule has 0 radical (unpaired) electrons. The lowest BCUT2D eigenvalue weighted by atomic mass is 9.92. The van der Waals surface area contributed by atoms with Gasteiger partial charge in [0.25, 0.3) is 0 Å². The Bertz CT molecular complexity index is 458. The molecule has 118 valence electrons. The first-order valence-corrected chi connectivity index (χ1v) is 8.22. The van der Waals surface area contributed by atoms with Gasteiger partial charge < -0.3 is 10.8 Å². The second kappa shape index (κ2) is 6.91. The Morgan fingerprint density at radius 2 is 2.00 bits per heavy atom. The Morgan fingerprint density at radius 3 is 2.67 bits per heavy atom. The molecule has 3 atom stereocenters. The van der Waals surface area contributed by atoms with Crippen molar-refractivity contribution in [3.8, 4) is 0 Å². The van der Waals surface area contributed by atoms with Crippen LogP contribution in [-0.2, 0) is 0 Å². The standard InChI is InChI=1S/C18H30N2O/c1-4-16(19)17(15-9-6-5-8-14(15)2)20-12-7-10-18(3,21)11-13-20/h5-6,8-9,16-17,21H,4,7,10-13,19H2,1-3H3. The maximum absolute atomic E-state index is 10.3. The van der Waals surface area contributed by atoms with E-state index in [1.54, 1.807) is 0 Å². The van der Waals surface area contributed by atoms with Crippen LogP contribution in [0.4, 0.5) is 0 Å². The first-order valence-electron chi connectivity index (χ1n) is 8.22. The minimum absolute atomic E-state index is 0.133. The number of hydrogen-bond acceptors (Lipinski definition) is 3. The van der Waals surface area contributed by atoms with Crippen molar-refractivity contribution < 1.29 is 5.11 Å². The van der Waals surface area contributed by atoms with Gasteiger partial charge in [0.15, 0.2) is 0 Å². The minimum Gasteiger partial charge on any atom is -0.390 e. The van der Waals surface area contributed by atoms with Gasteiger partial charge in [0.05, 0.1) is 11.6 Å². The van der Waals surface area contributed by atoms with E-state index in [4.69, 9.17) is 5.73 Å². The van der Waals surface area contributed by atoms with E-state index in [1.807, 2.05) is 6.92 Å². The summed E-state index contributed by atoms with van der Waals surface area (Å²) in [5, 5.41) is 10.3. The Balaban J connectivity index is 2.26. The third kappa shape index (κ3) is 4.06. The summed E-state index contributed by atoms with van der Waals surface area (Å²) in [7, 11) is 0. The fourth-order valence-corrected chi connectivity index (χ4v) is 3.40. The molecule has 1 aliphatic rings. The highest BCUT2D eigenvalue weighted by atomic mass is 16.3. The molecular weight excluding hydrogens is 260 g/mol. The lowest BCUT2D eigenvalue weighted by Gasteiger charge is -2.36. The first-order chi connectivity index (χ1) is 9.94. The van der Waals surface area contributed by atoms with E-state index in [0.29, 0.717) is 0 Å². The second-order valence-corrected chi connectivity index (χ2v) is 6.76. The van der Waals surface area contributed by atoms with Gasteiger partial charge in [-0.2, -0.15) is 0 Å². The van der Waals surface area contributed by atoms with Crippen LogP contribution >= 0.6 is 0 Å². The summed E-state index contributed by atoms with van der Waals surface area (Å²) in [6.07, 6.45) is 3.70. The van der Waals surface area contributed by atoms with E-state index in [0.717, 1.165) is 38.8 Å². The molecule has 21 heavy (non-hydrogen) atoms. The predicted molar refractivity (Wildman–Crippen MR) is 88.2 cm³/mol. The van der Waals surface area contributed by atoms with E-state index in [-0.39, 0.29) is 12.1 Å². The van der Waals surface area contributed by atoms with E-state index in [2.05, 4.69) is 43.0 Å². The molecule has 3 heteroatoms. The van der Waals surface area contributed by atoms with Gasteiger partial charge in [-0.25, -0.2) is 0 Å². The number of rotatable bonds is 4. The van der Waals surface area contributed by atoms with E-state index in [9.17, 15) is 5.11 Å². The predicted octanol–water partition coefficient (Wildman–Crippen LogP) is 3.01. The van der Waals surface area contributed by atoms with E-state index in [1.165, 1.54) is 11.1 Å². The fraction of sp³-hybridized carbons (Fsp3) is 0.667. The summed E-state index contributed by atoms with van der Waals surface area (Å²) in [5.74, 6) is 0. The Morgan fingerprint density at radius 1 is 1.29 bits per heavy atom. The van der Waals surface area contributed by atoms with Crippen LogP contribution in [0.3, 0.4) is 0 Å². The average molecular weight is 290 g/mol. The average Bonchev–Trinajstić information content (AvgIpc) is 2.62. The normalized spacial score (nSPS) is 27.1. The summed E-state index contributed by atoms with van der Waals surface area (Å²) in [4.78, 5) is 2.48. The van der Waals surface area contributed by atoms with Crippen molar-refractivity contribution in [1.29, 1.82) is 0 Å². The molecule has 0 aliphatic carbocycles. The minimum atomic E-state index is -0.526. The van der Waals surface area contributed by atoms with Crippen molar-refractivity contribution >= 4 is 0 Å². The molecule has 2 rings (SSSR count). The van der Waals surface area contributed by atoms with E-state index < -0.39 is 5.60 Å². The number of aryl methyl sites for hydroxylation is 1. The fourth-order valence-electron chi connectivity index (χ4n) is 3.40. The van der Waals surface area contributed by atoms with Gasteiger partial charge in [0, 0.05) is 12.6 Å². The quantitative estimate of drug-likeness (QED) is 0.896. The summed E-state index contributed by atoms with van der Waals surface area (Å²) in [6.45, 7) is 8.21. The van der Waals surface area contributed by atoms with Crippen molar-refractivity contribution in [2.45, 2.75) is 64.1 Å². The highest BCUT2D eigenvalue weighted by molar-refractivity contribution is 5.30. The number of aliphatic hydroxyl groups is 1. The second-order valence-electron chi connectivity index (χ2n) is 6.76. The third-order valence-corrected chi connectivity index (χ3v) is 4.88. The molecule has 1 aliphatic heterocycles. The smallest absolute Gasteiger partial charge is 0.0632 e. The molecule has 0 bridgehead atoms. The zero-order valence-corrected chi connectivity index (χ0v) is 13.7. The first kappa shape index (κ1) is 16.5. The van der Waals surface area contributed by atoms with Gasteiger partial charge in [0.1, 0.15) is 0 Å². The lowest BCUT2D eigenvalue weighted by molar-refractivity contribution is 0.0422. The molecule has 0 aromatic heterocycles. The molecule has 0 spiro atoms. The summed E-state index contributed by atoms with van der Waals surface area (Å²) < 4.78 is 0. The zero-order valence-electron chi connectivity index (χ0n) is 13.7. The van der Waals surface area contributed by atoms with Gasteiger partial charge >= 0.3 is 0 Å². The molecule has 1 heterocycles. The van der Waals surface area contributed by atoms with Gasteiger partial charge in [-0.3, -0.25) is 4.90 Å². The molecule has 0 saturated carbocycles. The molecule has 0 amide bonds. The number of hydrogen-bond donors (Lipinski definition) is 2. The topological polar surface area (TPSA) is 49.5 Å². The maximum Gasteiger partial charge on any atom is 0.0632 e. The summed E-state index contributed by atoms with van der Waals surface area (Å²) in [6, 6.07) is 8.95. The van der Waals surface area contributed by atoms with Crippen molar-refractivity contribution in [1.82, 2.24) is 4.90 Å². The van der Waals surface area contributed by atoms with E-state index >= 15 is 0 Å². The SMILES string of the molecule is CCC(N)C(c1ccccc1C)N1CCCC(C)(O)CC1. The van der Waals surface area contributed by atoms with Crippen LogP contribution in [0.2, 0.25) is 0 Å². The number of nitrogens with two attached hydrogens (primary N) is 1. The molecule has 3 nitrogen and oxygen atoms in total. The zero-order chi connectivity index (χ0) is 15.5. The van der Waals surface area contributed by atoms with Gasteiger partial charge in [-0.05, 0) is 57.2 Å². The highest BCUT2D eigenvalue weighted by Crippen LogP contribution is 2.31. The number of benzene rings is 1. The monoisotopic (exact) mass is 290 g/mol. The molecular formula is C18H30N2O. The number of likely N-dealkylation sites (tertiary alicyclic amines) is 1. The Hall–Kier alpha value is -0.900. The van der Waals surface area contributed by atoms with Crippen LogP contribution in [-0.4, -0.2) is 34.7 Å². The van der Waals surface area contributed by atoms with Gasteiger partial charge in [-0.15, -0.1) is 0 Å². The molecule has 3 N–H and O–H groups in total. The van der Waals surface area contributed by atoms with Gasteiger partial charge in [0.2, 0.25) is 0 Å². The van der Waals surface area contributed by atoms with Crippen LogP contribution < -0.4 is 5.73 Å². The molecule has 3 unspecified atom stereocenters. The van der Waals surface area contributed by atoms with Gasteiger partial charge in [-0.1, -0.05) is 31.2 Å². The third-order valence-electron chi connectivity index (χ3n) is 4.88. The molecule has 1 saturated heterocycles. The van der Waals surface area contributed by atoms with Crippen LogP contribution in [0.25, 0.3) is 0 Å². The summed E-state index contributed by atoms with van der Waals surface area (Å²) in [5.41, 5.74) is 8.59. The number of nitrogens with zero attached hydrogens (tertiary/aromatic N) is 1. The Labute approximate surface area is 129 Å². The van der Waals surface area contributed by atoms with Crippen molar-refractivity contribution in [3.63, 3.8) is 0 Å². The largest absolute Gasteiger partial charge is 0.390 e. The van der Waals surface area contributed by atoms with Crippen LogP contribution in [0.1, 0.15) is 56.7 Å². The van der Waals surface area contributed by atoms with Crippen LogP contribution in [0, 0.1) is 6.92 Å². The van der Waals surface area contributed by atoms with Crippen molar-refractivity contribution in [2.75, 3.05) is 13.1 Å². The molecule has 1 aromatic rings. The highest BCUT2D eigenvalue weighted by Gasteiger charge is 2.31. The maximum atomic E-state index is 10.3. The van der Waals surface area contributed by atoms with Crippen LogP contribution in [0.15, 0.2) is 24.3 Å². The Kier molecular flexibility index (Phi) is 5.42. The molecule has 1 aromatic carbocycles. The summed E-state index contributed by atoms with van der Waals surface area (Å²) >= 11 is 0. The van der Waals surface area contributed by atoms with Crippen molar-refractivity contribution in [3.05, 3.63) is 35.4 Å². The van der Waals surface area contributed by atoms with Crippen LogP contribution in [0.5, 0.6) is 0 Å².